The number of rotatable bonds is 1. The minimum atomic E-state index is -0.167. The van der Waals surface area contributed by atoms with Gasteiger partial charge >= 0.3 is 0 Å². The predicted molar refractivity (Wildman–Crippen MR) is 77.0 cm³/mol. The first-order chi connectivity index (χ1) is 9.77. The minimum Gasteiger partial charge on any atom is -0.505 e. The van der Waals surface area contributed by atoms with E-state index in [1.807, 2.05) is 18.2 Å². The number of amides is 1. The third kappa shape index (κ3) is 2.25. The van der Waals surface area contributed by atoms with Crippen molar-refractivity contribution >= 4 is 11.6 Å². The summed E-state index contributed by atoms with van der Waals surface area (Å²) < 4.78 is 0. The second kappa shape index (κ2) is 5.33. The van der Waals surface area contributed by atoms with E-state index >= 15 is 0 Å². The van der Waals surface area contributed by atoms with E-state index in [9.17, 15) is 9.90 Å². The van der Waals surface area contributed by atoms with Crippen molar-refractivity contribution in [2.75, 3.05) is 11.4 Å². The molecule has 1 aliphatic heterocycles. The Balaban J connectivity index is 2.02. The molecule has 20 heavy (non-hydrogen) atoms. The van der Waals surface area contributed by atoms with E-state index in [-0.39, 0.29) is 11.7 Å². The van der Waals surface area contributed by atoms with Crippen LogP contribution in [0, 0.1) is 0 Å². The number of para-hydroxylation sites is 1. The monoisotopic (exact) mass is 268 g/mol. The van der Waals surface area contributed by atoms with Crippen molar-refractivity contribution in [1.82, 2.24) is 4.98 Å². The quantitative estimate of drug-likeness (QED) is 0.865. The summed E-state index contributed by atoms with van der Waals surface area (Å²) in [5, 5.41) is 9.82. The van der Waals surface area contributed by atoms with Gasteiger partial charge in [0.05, 0.1) is 11.8 Å². The third-order valence-corrected chi connectivity index (χ3v) is 3.64. The molecule has 1 aliphatic rings. The summed E-state index contributed by atoms with van der Waals surface area (Å²) in [5.74, 6) is -0.238. The Hall–Kier alpha value is -2.36. The zero-order valence-electron chi connectivity index (χ0n) is 11.1. The average Bonchev–Trinajstić information content (AvgIpc) is 2.69. The fourth-order valence-corrected chi connectivity index (χ4v) is 2.61. The van der Waals surface area contributed by atoms with Crippen LogP contribution in [-0.2, 0) is 6.42 Å². The second-order valence-electron chi connectivity index (χ2n) is 4.94. The summed E-state index contributed by atoms with van der Waals surface area (Å²) in [7, 11) is 0. The molecule has 1 N–H and O–H groups in total. The Morgan fingerprint density at radius 3 is 2.90 bits per heavy atom. The maximum Gasteiger partial charge on any atom is 0.262 e. The smallest absolute Gasteiger partial charge is 0.262 e. The van der Waals surface area contributed by atoms with Gasteiger partial charge in [0.2, 0.25) is 0 Å². The molecule has 0 saturated carbocycles. The van der Waals surface area contributed by atoms with Gasteiger partial charge in [0.25, 0.3) is 5.91 Å². The first-order valence-corrected chi connectivity index (χ1v) is 6.80. The number of aryl methyl sites for hydroxylation is 1. The first kappa shape index (κ1) is 12.7. The van der Waals surface area contributed by atoms with Crippen LogP contribution in [0.5, 0.6) is 5.75 Å². The Morgan fingerprint density at radius 1 is 1.20 bits per heavy atom. The minimum absolute atomic E-state index is 0.0702. The highest BCUT2D eigenvalue weighted by Crippen LogP contribution is 2.28. The Labute approximate surface area is 117 Å². The van der Waals surface area contributed by atoms with Gasteiger partial charge in [0, 0.05) is 18.4 Å². The molecule has 0 unspecified atom stereocenters. The molecule has 0 fully saturated rings. The van der Waals surface area contributed by atoms with Crippen LogP contribution >= 0.6 is 0 Å². The first-order valence-electron chi connectivity index (χ1n) is 6.80. The molecular weight excluding hydrogens is 252 g/mol. The van der Waals surface area contributed by atoms with Crippen molar-refractivity contribution in [2.45, 2.75) is 19.3 Å². The van der Waals surface area contributed by atoms with Crippen LogP contribution < -0.4 is 4.90 Å². The van der Waals surface area contributed by atoms with E-state index in [1.165, 1.54) is 18.0 Å². The molecular formula is C16H16N2O2. The van der Waals surface area contributed by atoms with E-state index in [2.05, 4.69) is 11.1 Å². The molecule has 0 bridgehead atoms. The molecule has 0 aliphatic carbocycles. The molecule has 1 amide bonds. The second-order valence-corrected chi connectivity index (χ2v) is 4.94. The Morgan fingerprint density at radius 2 is 2.05 bits per heavy atom. The van der Waals surface area contributed by atoms with Crippen molar-refractivity contribution in [3.8, 4) is 5.75 Å². The van der Waals surface area contributed by atoms with E-state index in [4.69, 9.17) is 0 Å². The number of anilines is 1. The highest BCUT2D eigenvalue weighted by Gasteiger charge is 2.23. The van der Waals surface area contributed by atoms with Gasteiger partial charge in [-0.25, -0.2) is 0 Å². The Bertz CT molecular complexity index is 640. The lowest BCUT2D eigenvalue weighted by Gasteiger charge is -2.23. The van der Waals surface area contributed by atoms with Crippen LogP contribution in [0.4, 0.5) is 5.69 Å². The number of hydrogen-bond donors (Lipinski definition) is 1. The summed E-state index contributed by atoms with van der Waals surface area (Å²) in [6, 6.07) is 9.53. The lowest BCUT2D eigenvalue weighted by Crippen LogP contribution is -2.31. The molecule has 0 saturated heterocycles. The number of hydrogen-bond acceptors (Lipinski definition) is 3. The number of fused-ring (bicyclic) bond motifs is 1. The summed E-state index contributed by atoms with van der Waals surface area (Å²) >= 11 is 0. The van der Waals surface area contributed by atoms with Crippen molar-refractivity contribution in [3.63, 3.8) is 0 Å². The number of nitrogens with zero attached hydrogens (tertiary/aromatic N) is 2. The maximum atomic E-state index is 12.7. The highest BCUT2D eigenvalue weighted by molar-refractivity contribution is 6.08. The zero-order chi connectivity index (χ0) is 13.9. The van der Waals surface area contributed by atoms with E-state index in [1.54, 1.807) is 11.0 Å². The molecule has 4 nitrogen and oxygen atoms in total. The molecule has 1 aromatic carbocycles. The Kier molecular flexibility index (Phi) is 3.37. The van der Waals surface area contributed by atoms with Crippen LogP contribution in [0.25, 0.3) is 0 Å². The van der Waals surface area contributed by atoms with Crippen LogP contribution in [0.2, 0.25) is 0 Å². The van der Waals surface area contributed by atoms with Gasteiger partial charge in [-0.15, -0.1) is 0 Å². The molecule has 4 heteroatoms. The largest absolute Gasteiger partial charge is 0.505 e. The normalized spacial score (nSPS) is 14.5. The number of carbonyl (C=O) groups excluding carboxylic acids is 1. The lowest BCUT2D eigenvalue weighted by molar-refractivity contribution is 0.0984. The van der Waals surface area contributed by atoms with Gasteiger partial charge < -0.3 is 10.0 Å². The van der Waals surface area contributed by atoms with Crippen LogP contribution in [-0.4, -0.2) is 22.5 Å². The molecule has 0 spiro atoms. The van der Waals surface area contributed by atoms with Crippen molar-refractivity contribution in [2.24, 2.45) is 0 Å². The van der Waals surface area contributed by atoms with E-state index in [0.717, 1.165) is 24.9 Å². The van der Waals surface area contributed by atoms with Crippen molar-refractivity contribution in [3.05, 3.63) is 53.9 Å². The standard InChI is InChI=1S/C16H16N2O2/c19-15-11-17-9-8-13(15)16(20)18-10-4-3-6-12-5-1-2-7-14(12)18/h1-2,5,7-9,11,19H,3-4,6,10H2. The number of aromatic nitrogens is 1. The molecule has 2 heterocycles. The van der Waals surface area contributed by atoms with Gasteiger partial charge in [0.1, 0.15) is 5.75 Å². The summed E-state index contributed by atoms with van der Waals surface area (Å²) in [6.07, 6.45) is 5.85. The maximum absolute atomic E-state index is 12.7. The zero-order valence-corrected chi connectivity index (χ0v) is 11.1. The summed E-state index contributed by atoms with van der Waals surface area (Å²) in [6.45, 7) is 0.678. The van der Waals surface area contributed by atoms with Crippen LogP contribution in [0.15, 0.2) is 42.7 Å². The van der Waals surface area contributed by atoms with Crippen molar-refractivity contribution < 1.29 is 9.90 Å². The molecule has 1 aromatic heterocycles. The summed E-state index contributed by atoms with van der Waals surface area (Å²) in [5.41, 5.74) is 2.44. The molecule has 3 rings (SSSR count). The predicted octanol–water partition coefficient (Wildman–Crippen LogP) is 2.77. The van der Waals surface area contributed by atoms with Gasteiger partial charge in [0.15, 0.2) is 0 Å². The average molecular weight is 268 g/mol. The fourth-order valence-electron chi connectivity index (χ4n) is 2.61. The number of carbonyl (C=O) groups is 1. The van der Waals surface area contributed by atoms with Gasteiger partial charge in [-0.2, -0.15) is 0 Å². The van der Waals surface area contributed by atoms with Gasteiger partial charge in [-0.05, 0) is 37.0 Å². The van der Waals surface area contributed by atoms with E-state index in [0.29, 0.717) is 12.1 Å². The molecule has 0 atom stereocenters. The summed E-state index contributed by atoms with van der Waals surface area (Å²) in [4.78, 5) is 18.3. The van der Waals surface area contributed by atoms with Gasteiger partial charge in [-0.1, -0.05) is 18.2 Å². The fraction of sp³-hybridized carbons (Fsp3) is 0.250. The third-order valence-electron chi connectivity index (χ3n) is 3.64. The van der Waals surface area contributed by atoms with Gasteiger partial charge in [-0.3, -0.25) is 9.78 Å². The number of benzene rings is 1. The molecule has 0 radical (unpaired) electrons. The van der Waals surface area contributed by atoms with E-state index < -0.39 is 0 Å². The lowest BCUT2D eigenvalue weighted by atomic mass is 10.1. The molecule has 102 valence electrons. The van der Waals surface area contributed by atoms with Crippen LogP contribution in [0.3, 0.4) is 0 Å². The van der Waals surface area contributed by atoms with Crippen LogP contribution in [0.1, 0.15) is 28.8 Å². The number of pyridine rings is 1. The number of aromatic hydroxyl groups is 1. The van der Waals surface area contributed by atoms with Crippen molar-refractivity contribution in [1.29, 1.82) is 0 Å². The molecule has 2 aromatic rings. The SMILES string of the molecule is O=C(c1ccncc1O)N1CCCCc2ccccc21. The topological polar surface area (TPSA) is 53.4 Å². The highest BCUT2D eigenvalue weighted by atomic mass is 16.3.